The number of fused-ring (bicyclic) bond motifs is 2. The molecule has 30 nitrogen and oxygen atoms in total. The molecule has 598 valence electrons. The van der Waals surface area contributed by atoms with Gasteiger partial charge >= 0.3 is 5.97 Å². The van der Waals surface area contributed by atoms with Crippen LogP contribution >= 0.6 is 0 Å². The van der Waals surface area contributed by atoms with Crippen molar-refractivity contribution >= 4 is 79.9 Å². The van der Waals surface area contributed by atoms with Gasteiger partial charge in [0.15, 0.2) is 0 Å². The summed E-state index contributed by atoms with van der Waals surface area (Å²) < 4.78 is 49.3. The maximum absolute atomic E-state index is 15.7. The number of aliphatic carboxylic acids is 1. The Labute approximate surface area is 651 Å². The van der Waals surface area contributed by atoms with Gasteiger partial charge in [-0.15, -0.1) is 5.10 Å². The number of carbonyl (C=O) groups is 10. The van der Waals surface area contributed by atoms with Crippen LogP contribution in [0.4, 0.5) is 0 Å². The number of hydrogen-bond acceptors (Lipinski definition) is 19. The minimum atomic E-state index is -4.15. The fraction of sp³-hybridized carbons (Fsp3) is 0.481. The van der Waals surface area contributed by atoms with Crippen LogP contribution in [0.1, 0.15) is 121 Å². The topological polar surface area (TPSA) is 389 Å². The summed E-state index contributed by atoms with van der Waals surface area (Å²) in [7, 11) is -0.932. The van der Waals surface area contributed by atoms with Crippen molar-refractivity contribution < 1.29 is 75.7 Å². The van der Waals surface area contributed by atoms with Gasteiger partial charge in [0, 0.05) is 58.2 Å². The van der Waals surface area contributed by atoms with E-state index < -0.39 is 158 Å². The molecule has 6 aromatic rings. The van der Waals surface area contributed by atoms with Crippen LogP contribution in [0.2, 0.25) is 0 Å². The molecule has 3 fully saturated rings. The Morgan fingerprint density at radius 2 is 1.19 bits per heavy atom. The monoisotopic (exact) mass is 1560 g/mol. The minimum Gasteiger partial charge on any atom is -0.490 e. The van der Waals surface area contributed by atoms with Crippen LogP contribution < -0.4 is 51.4 Å². The normalized spacial score (nSPS) is 23.3. The third-order valence-corrected chi connectivity index (χ3v) is 23.1. The van der Waals surface area contributed by atoms with E-state index in [9.17, 15) is 37.5 Å². The van der Waals surface area contributed by atoms with E-state index in [0.717, 1.165) is 21.9 Å². The second kappa shape index (κ2) is 35.4. The average molecular weight is 1560 g/mol. The molecule has 9 N–H and O–H groups in total. The minimum absolute atomic E-state index is 0.000516. The first-order valence-electron chi connectivity index (χ1n) is 38.0. The van der Waals surface area contributed by atoms with Gasteiger partial charge in [0.1, 0.15) is 78.7 Å². The summed E-state index contributed by atoms with van der Waals surface area (Å²) in [5.74, 6) is -6.61. The fourth-order valence-electron chi connectivity index (χ4n) is 14.3. The first-order valence-corrected chi connectivity index (χ1v) is 39.5. The van der Waals surface area contributed by atoms with Crippen LogP contribution in [0.5, 0.6) is 11.5 Å². The summed E-state index contributed by atoms with van der Waals surface area (Å²) in [6.45, 7) is 13.6. The highest BCUT2D eigenvalue weighted by atomic mass is 32.2. The predicted molar refractivity (Wildman–Crippen MR) is 414 cm³/mol. The number of hydrogen-bond donors (Lipinski definition) is 9. The molecule has 10 bridgehead atoms. The first kappa shape index (κ1) is 82.3. The molecule has 31 heteroatoms. The van der Waals surface area contributed by atoms with Gasteiger partial charge in [0.05, 0.1) is 42.3 Å². The molecule has 0 radical (unpaired) electrons. The number of rotatable bonds is 14. The Kier molecular flexibility index (Phi) is 26.0. The number of ether oxygens (including phenoxy) is 3. The number of benzene rings is 5. The molecule has 112 heavy (non-hydrogen) atoms. The van der Waals surface area contributed by atoms with Crippen LogP contribution in [0.25, 0.3) is 10.8 Å². The third kappa shape index (κ3) is 20.4. The number of likely N-dealkylation sites (N-methyl/N-ethyl adjacent to an activating group) is 2. The Balaban J connectivity index is 0.918. The molecule has 7 aliphatic heterocycles. The maximum Gasteiger partial charge on any atom is 0.326 e. The van der Waals surface area contributed by atoms with Crippen molar-refractivity contribution in [1.29, 1.82) is 0 Å². The van der Waals surface area contributed by atoms with Gasteiger partial charge in [-0.1, -0.05) is 144 Å². The molecule has 12 atom stereocenters. The number of carboxylic acid groups (broad SMARTS) is 1. The first-order chi connectivity index (χ1) is 53.2. The largest absolute Gasteiger partial charge is 0.490 e. The number of amides is 9. The molecule has 0 unspecified atom stereocenters. The van der Waals surface area contributed by atoms with Crippen molar-refractivity contribution in [2.24, 2.45) is 10.8 Å². The van der Waals surface area contributed by atoms with E-state index in [2.05, 4.69) is 52.3 Å². The zero-order valence-corrected chi connectivity index (χ0v) is 65.6. The number of sulfonamides is 1. The average Bonchev–Trinajstić information content (AvgIpc) is 1.59. The molecule has 8 aliphatic rings. The van der Waals surface area contributed by atoms with Gasteiger partial charge in [-0.2, -0.15) is 0 Å². The lowest BCUT2D eigenvalue weighted by Crippen LogP contribution is -2.62. The van der Waals surface area contributed by atoms with Gasteiger partial charge in [-0.05, 0) is 121 Å². The summed E-state index contributed by atoms with van der Waals surface area (Å²) in [5, 5.41) is 40.6. The number of aromatic nitrogens is 3. The van der Waals surface area contributed by atoms with Crippen LogP contribution in [0.3, 0.4) is 0 Å². The molecule has 5 aromatic carbocycles. The molecule has 1 aliphatic carbocycles. The van der Waals surface area contributed by atoms with Crippen molar-refractivity contribution in [2.75, 3.05) is 40.4 Å². The van der Waals surface area contributed by atoms with Gasteiger partial charge in [0.2, 0.25) is 57.3 Å². The van der Waals surface area contributed by atoms with Crippen LogP contribution in [0.15, 0.2) is 134 Å². The van der Waals surface area contributed by atoms with Crippen LogP contribution in [-0.4, -0.2) is 215 Å². The van der Waals surface area contributed by atoms with Crippen molar-refractivity contribution in [1.82, 2.24) is 71.6 Å². The van der Waals surface area contributed by atoms with Gasteiger partial charge in [0.25, 0.3) is 5.91 Å². The lowest BCUT2D eigenvalue weighted by Gasteiger charge is -2.40. The van der Waals surface area contributed by atoms with Crippen molar-refractivity contribution in [2.45, 2.75) is 198 Å². The maximum atomic E-state index is 15.7. The number of nitrogens with one attached hydrogen (secondary N) is 8. The standard InChI is InChI=1S/C81H102N14O16S/c1-47(82-9)70(96)87-68(80(3,4)5)77(103)93-44-57-40-66(93)75(101)84-62(38-51-21-26-52-17-11-12-18-53(52)35-51)72(98)86-64(79(105)106)37-50-22-27-58(28-23-50)109-33-15-16-34-110-60-41-67(94(45-60)78(104)69(81(6,7)8)88-71(97)48(2)83-10)76(102)92-42-55-20-14-13-19-54(55)39-65(92)74(100)85-63(73(99)90-112(107,108)61-31-32-61)36-49-24-29-59(30-25-49)111-46-56-43-95(57)91-89-56/h11-30,35,43,47-48,57,60-69,82-83H,31-34,36-42,44-46H2,1-10H3,(H,84,101)(H,85,100)(H,86,98)(H,87,96)(H,88,97)(H,90,99)(H,105,106)/b16-15+/t47-,48-,57-,60-,62-,63-,64-,65-,66-,67-,68+,69+/m0/s1. The van der Waals surface area contributed by atoms with E-state index in [1.165, 1.54) is 19.4 Å². The highest BCUT2D eigenvalue weighted by Crippen LogP contribution is 2.35. The number of carbonyl (C=O) groups excluding carboxylic acids is 9. The molecule has 1 aromatic heterocycles. The predicted octanol–water partition coefficient (Wildman–Crippen LogP) is 3.49. The smallest absolute Gasteiger partial charge is 0.326 e. The molecule has 9 amide bonds. The van der Waals surface area contributed by atoms with Crippen molar-refractivity contribution in [3.8, 4) is 11.5 Å². The number of carboxylic acids is 1. The summed E-state index contributed by atoms with van der Waals surface area (Å²) in [4.78, 5) is 151. The Morgan fingerprint density at radius 3 is 1.79 bits per heavy atom. The van der Waals surface area contributed by atoms with E-state index in [4.69, 9.17) is 14.2 Å². The summed E-state index contributed by atoms with van der Waals surface area (Å²) in [6, 6.07) is 20.9. The summed E-state index contributed by atoms with van der Waals surface area (Å²) in [5.41, 5.74) is 1.65. The summed E-state index contributed by atoms with van der Waals surface area (Å²) in [6.07, 6.45) is 4.36. The van der Waals surface area contributed by atoms with Gasteiger partial charge < -0.3 is 71.2 Å². The Bertz CT molecular complexity index is 4610. The van der Waals surface area contributed by atoms with E-state index in [1.807, 2.05) is 54.6 Å². The van der Waals surface area contributed by atoms with Gasteiger partial charge in [-0.3, -0.25) is 47.9 Å². The molecule has 1 saturated carbocycles. The number of nitrogens with zero attached hydrogens (tertiary/aromatic N) is 6. The quantitative estimate of drug-likeness (QED) is 0.0705. The van der Waals surface area contributed by atoms with Crippen LogP contribution in [0, 0.1) is 10.8 Å². The van der Waals surface area contributed by atoms with E-state index in [1.54, 1.807) is 148 Å². The molecule has 14 rings (SSSR count). The highest BCUT2D eigenvalue weighted by Gasteiger charge is 2.51. The SMILES string of the molecule is CN[C@@H](C)C(=O)N[C@H](C(=O)N1C[C@@H]2C[C@H]1C(=O)N[C@@H](Cc1ccc3ccccc3c1)C(=O)N[C@H](C(=O)O)Cc1ccc(cc1)OC/C=C/CO[C@H]1C[C@@H](C(=O)N3Cc4ccccc4C[C@H]3C(=O)N[C@H](C(=O)NS(=O)(=O)C3CC3)Cc3ccc(cc3)OCc3cn2nn3)N(C(=O)[C@@H](NC(=O)[C@H](C)NC)C(C)(C)C)C1)C(C)(C)C. The summed E-state index contributed by atoms with van der Waals surface area (Å²) >= 11 is 0. The molecule has 2 saturated heterocycles. The van der Waals surface area contributed by atoms with E-state index in [-0.39, 0.29) is 78.0 Å². The zero-order valence-electron chi connectivity index (χ0n) is 64.8. The van der Waals surface area contributed by atoms with E-state index in [0.29, 0.717) is 46.7 Å². The van der Waals surface area contributed by atoms with Crippen molar-refractivity contribution in [3.05, 3.63) is 167 Å². The third-order valence-electron chi connectivity index (χ3n) is 21.3. The Hall–Kier alpha value is -10.6. The second-order valence-electron chi connectivity index (χ2n) is 31.8. The van der Waals surface area contributed by atoms with E-state index >= 15 is 24.0 Å². The lowest BCUT2D eigenvalue weighted by molar-refractivity contribution is -0.151. The fourth-order valence-corrected chi connectivity index (χ4v) is 15.6. The Morgan fingerprint density at radius 1 is 0.625 bits per heavy atom. The van der Waals surface area contributed by atoms with Crippen LogP contribution in [-0.2, 0) is 102 Å². The molecular weight excluding hydrogens is 1460 g/mol. The second-order valence-corrected chi connectivity index (χ2v) is 33.7. The number of likely N-dealkylation sites (tertiary alicyclic amines) is 2. The lowest BCUT2D eigenvalue weighted by atomic mass is 9.85. The van der Waals surface area contributed by atoms with Crippen molar-refractivity contribution in [3.63, 3.8) is 0 Å². The highest BCUT2D eigenvalue weighted by molar-refractivity contribution is 7.91. The molecule has 0 spiro atoms. The zero-order chi connectivity index (χ0) is 80.5. The van der Waals surface area contributed by atoms with Gasteiger partial charge in [-0.25, -0.2) is 17.9 Å². The molecule has 8 heterocycles. The molecular formula is C81H102N14O16S.